The molecule has 25 heavy (non-hydrogen) atoms. The Morgan fingerprint density at radius 1 is 1.36 bits per heavy atom. The number of rotatable bonds is 1. The number of amides is 2. The number of imidazole rings is 1. The fourth-order valence-electron chi connectivity index (χ4n) is 3.53. The molecule has 2 aromatic rings. The van der Waals surface area contributed by atoms with E-state index in [-0.39, 0.29) is 23.7 Å². The molecular weight excluding hydrogens is 327 g/mol. The van der Waals surface area contributed by atoms with Crippen molar-refractivity contribution in [1.82, 2.24) is 19.2 Å². The number of aromatic nitrogens is 2. The Morgan fingerprint density at radius 3 is 2.96 bits per heavy atom. The molecule has 2 amide bonds. The van der Waals surface area contributed by atoms with E-state index in [1.807, 2.05) is 13.0 Å². The smallest absolute Gasteiger partial charge is 0.277 e. The summed E-state index contributed by atoms with van der Waals surface area (Å²) in [7, 11) is 1.72. The summed E-state index contributed by atoms with van der Waals surface area (Å²) in [5.74, 6) is -1.14. The molecule has 2 aliphatic heterocycles. The van der Waals surface area contributed by atoms with Crippen molar-refractivity contribution in [2.45, 2.75) is 25.5 Å². The largest absolute Gasteiger partial charge is 0.374 e. The van der Waals surface area contributed by atoms with Crippen molar-refractivity contribution < 1.29 is 18.7 Å². The minimum absolute atomic E-state index is 0.00353. The second kappa shape index (κ2) is 5.80. The number of hydrogen-bond donors (Lipinski definition) is 0. The number of likely N-dealkylation sites (N-methyl/N-ethyl adjacent to an activating group) is 1. The molecule has 0 aliphatic carbocycles. The number of carbonyl (C=O) groups is 2. The van der Waals surface area contributed by atoms with Gasteiger partial charge in [-0.3, -0.25) is 14.0 Å². The number of halogens is 1. The molecule has 4 rings (SSSR count). The lowest BCUT2D eigenvalue weighted by molar-refractivity contribution is -0.131. The van der Waals surface area contributed by atoms with Gasteiger partial charge in [0.25, 0.3) is 5.91 Å². The van der Waals surface area contributed by atoms with E-state index in [9.17, 15) is 14.0 Å². The summed E-state index contributed by atoms with van der Waals surface area (Å²) in [6.45, 7) is 2.83. The van der Waals surface area contributed by atoms with E-state index in [4.69, 9.17) is 4.74 Å². The summed E-state index contributed by atoms with van der Waals surface area (Å²) in [6.07, 6.45) is 1.71. The topological polar surface area (TPSA) is 67.2 Å². The van der Waals surface area contributed by atoms with Crippen molar-refractivity contribution in [3.63, 3.8) is 0 Å². The highest BCUT2D eigenvalue weighted by Gasteiger charge is 2.42. The standard InChI is InChI=1S/C17H19FN4O3/c1-10-3-4-13-19-15(16(18)22(13)7-10)17(24)21-8-11-12(9-21)25-6-5-14(23)20(11)2/h3-4,7,11-12H,5-6,8-9H2,1-2H3/t11-,12-/m0/s1. The van der Waals surface area contributed by atoms with Crippen LogP contribution in [0, 0.1) is 12.9 Å². The quantitative estimate of drug-likeness (QED) is 0.768. The maximum absolute atomic E-state index is 14.6. The SMILES string of the molecule is Cc1ccc2nc(C(=O)N3C[C@@H]4OCCC(=O)N(C)[C@H]4C3)c(F)n2c1. The fourth-order valence-corrected chi connectivity index (χ4v) is 3.53. The normalized spacial score (nSPS) is 23.9. The zero-order valence-corrected chi connectivity index (χ0v) is 14.1. The van der Waals surface area contributed by atoms with E-state index < -0.39 is 11.9 Å². The number of hydrogen-bond acceptors (Lipinski definition) is 4. The van der Waals surface area contributed by atoms with Gasteiger partial charge in [0.1, 0.15) is 5.65 Å². The molecule has 8 heteroatoms. The van der Waals surface area contributed by atoms with Crippen LogP contribution in [0.3, 0.4) is 0 Å². The predicted octanol–water partition coefficient (Wildman–Crippen LogP) is 0.854. The first-order chi connectivity index (χ1) is 12.0. The first-order valence-corrected chi connectivity index (χ1v) is 8.26. The Balaban J connectivity index is 1.62. The molecule has 2 atom stereocenters. The molecule has 2 saturated heterocycles. The van der Waals surface area contributed by atoms with Crippen LogP contribution in [-0.4, -0.2) is 69.9 Å². The number of carbonyl (C=O) groups excluding carboxylic acids is 2. The monoisotopic (exact) mass is 346 g/mol. The Bertz CT molecular complexity index is 865. The average Bonchev–Trinajstić information content (AvgIpc) is 3.12. The van der Waals surface area contributed by atoms with E-state index in [0.717, 1.165) is 5.56 Å². The van der Waals surface area contributed by atoms with Crippen LogP contribution in [0.2, 0.25) is 0 Å². The van der Waals surface area contributed by atoms with Gasteiger partial charge in [-0.1, -0.05) is 6.07 Å². The third-order valence-electron chi connectivity index (χ3n) is 4.97. The molecule has 2 aromatic heterocycles. The van der Waals surface area contributed by atoms with Gasteiger partial charge in [-0.05, 0) is 18.6 Å². The van der Waals surface area contributed by atoms with Crippen molar-refractivity contribution in [3.8, 4) is 0 Å². The van der Waals surface area contributed by atoms with Crippen molar-refractivity contribution in [1.29, 1.82) is 0 Å². The van der Waals surface area contributed by atoms with Gasteiger partial charge in [-0.2, -0.15) is 4.39 Å². The molecule has 4 heterocycles. The van der Waals surface area contributed by atoms with Gasteiger partial charge < -0.3 is 14.5 Å². The maximum Gasteiger partial charge on any atom is 0.277 e. The molecule has 0 aromatic carbocycles. The molecular formula is C17H19FN4O3. The number of likely N-dealkylation sites (tertiary alicyclic amines) is 1. The van der Waals surface area contributed by atoms with E-state index in [1.54, 1.807) is 24.2 Å². The van der Waals surface area contributed by atoms with Crippen LogP contribution < -0.4 is 0 Å². The van der Waals surface area contributed by atoms with Crippen LogP contribution in [-0.2, 0) is 9.53 Å². The lowest BCUT2D eigenvalue weighted by atomic mass is 10.2. The summed E-state index contributed by atoms with van der Waals surface area (Å²) in [5.41, 5.74) is 1.07. The molecule has 0 saturated carbocycles. The Hall–Kier alpha value is -2.48. The fraction of sp³-hybridized carbons (Fsp3) is 0.471. The summed E-state index contributed by atoms with van der Waals surface area (Å²) in [6, 6.07) is 3.29. The summed E-state index contributed by atoms with van der Waals surface area (Å²) >= 11 is 0. The van der Waals surface area contributed by atoms with Crippen molar-refractivity contribution >= 4 is 17.5 Å². The molecule has 0 bridgehead atoms. The van der Waals surface area contributed by atoms with Crippen molar-refractivity contribution in [3.05, 3.63) is 35.5 Å². The Labute approximate surface area is 144 Å². The minimum atomic E-state index is -0.666. The molecule has 0 N–H and O–H groups in total. The lowest BCUT2D eigenvalue weighted by Crippen LogP contribution is -2.43. The van der Waals surface area contributed by atoms with Crippen molar-refractivity contribution in [2.75, 3.05) is 26.7 Å². The first-order valence-electron chi connectivity index (χ1n) is 8.26. The molecule has 132 valence electrons. The van der Waals surface area contributed by atoms with E-state index in [0.29, 0.717) is 31.8 Å². The predicted molar refractivity (Wildman–Crippen MR) is 86.7 cm³/mol. The summed E-state index contributed by atoms with van der Waals surface area (Å²) < 4.78 is 21.6. The number of nitrogens with zero attached hydrogens (tertiary/aromatic N) is 4. The molecule has 2 fully saturated rings. The summed E-state index contributed by atoms with van der Waals surface area (Å²) in [5, 5.41) is 0. The third kappa shape index (κ3) is 2.57. The van der Waals surface area contributed by atoms with E-state index in [2.05, 4.69) is 4.98 Å². The Morgan fingerprint density at radius 2 is 2.16 bits per heavy atom. The summed E-state index contributed by atoms with van der Waals surface area (Å²) in [4.78, 5) is 32.1. The van der Waals surface area contributed by atoms with Crippen LogP contribution in [0.5, 0.6) is 0 Å². The second-order valence-corrected chi connectivity index (χ2v) is 6.63. The zero-order valence-electron chi connectivity index (χ0n) is 14.1. The van der Waals surface area contributed by atoms with E-state index in [1.165, 1.54) is 9.30 Å². The van der Waals surface area contributed by atoms with Crippen LogP contribution in [0.15, 0.2) is 18.3 Å². The van der Waals surface area contributed by atoms with Gasteiger partial charge in [0, 0.05) is 26.3 Å². The number of pyridine rings is 1. The van der Waals surface area contributed by atoms with Gasteiger partial charge in [0.05, 0.1) is 25.2 Å². The molecule has 7 nitrogen and oxygen atoms in total. The maximum atomic E-state index is 14.6. The second-order valence-electron chi connectivity index (χ2n) is 6.63. The number of ether oxygens (including phenoxy) is 1. The van der Waals surface area contributed by atoms with E-state index >= 15 is 0 Å². The zero-order chi connectivity index (χ0) is 17.7. The molecule has 0 spiro atoms. The highest BCUT2D eigenvalue weighted by molar-refractivity contribution is 5.93. The first kappa shape index (κ1) is 16.0. The molecule has 2 aliphatic rings. The molecule has 0 radical (unpaired) electrons. The van der Waals surface area contributed by atoms with Crippen LogP contribution in [0.1, 0.15) is 22.5 Å². The van der Waals surface area contributed by atoms with Gasteiger partial charge in [-0.15, -0.1) is 0 Å². The van der Waals surface area contributed by atoms with Gasteiger partial charge >= 0.3 is 0 Å². The lowest BCUT2D eigenvalue weighted by Gasteiger charge is -2.24. The van der Waals surface area contributed by atoms with Crippen LogP contribution >= 0.6 is 0 Å². The average molecular weight is 346 g/mol. The molecule has 0 unspecified atom stereocenters. The number of fused-ring (bicyclic) bond motifs is 2. The minimum Gasteiger partial charge on any atom is -0.374 e. The van der Waals surface area contributed by atoms with Crippen LogP contribution in [0.25, 0.3) is 5.65 Å². The third-order valence-corrected chi connectivity index (χ3v) is 4.97. The van der Waals surface area contributed by atoms with Gasteiger partial charge in [-0.25, -0.2) is 4.98 Å². The number of aryl methyl sites for hydroxylation is 1. The Kier molecular flexibility index (Phi) is 3.72. The van der Waals surface area contributed by atoms with Gasteiger partial charge in [0.15, 0.2) is 5.69 Å². The highest BCUT2D eigenvalue weighted by Crippen LogP contribution is 2.24. The van der Waals surface area contributed by atoms with Crippen LogP contribution in [0.4, 0.5) is 4.39 Å². The van der Waals surface area contributed by atoms with Crippen molar-refractivity contribution in [2.24, 2.45) is 0 Å². The van der Waals surface area contributed by atoms with Gasteiger partial charge in [0.2, 0.25) is 11.9 Å². The highest BCUT2D eigenvalue weighted by atomic mass is 19.1.